The van der Waals surface area contributed by atoms with Crippen LogP contribution in [0, 0.1) is 11.3 Å². The topological polar surface area (TPSA) is 84.6 Å². The number of benzene rings is 1. The van der Waals surface area contributed by atoms with Gasteiger partial charge in [-0.05, 0) is 63.9 Å². The average molecular weight is 395 g/mol. The van der Waals surface area contributed by atoms with E-state index in [9.17, 15) is 9.59 Å². The number of hydrogen-bond acceptors (Lipinski definition) is 5. The molecule has 1 saturated heterocycles. The third-order valence-electron chi connectivity index (χ3n) is 4.67. The summed E-state index contributed by atoms with van der Waals surface area (Å²) in [5.74, 6) is -0.138. The summed E-state index contributed by atoms with van der Waals surface area (Å²) in [5.41, 5.74) is 0.358. The highest BCUT2D eigenvalue weighted by Gasteiger charge is 2.29. The predicted molar refractivity (Wildman–Crippen MR) is 107 cm³/mol. The minimum Gasteiger partial charge on any atom is -0.444 e. The number of nitrogens with zero attached hydrogens (tertiary/aromatic N) is 3. The molecule has 0 radical (unpaired) electrons. The summed E-state index contributed by atoms with van der Waals surface area (Å²) < 4.78 is 12.8. The second kappa shape index (κ2) is 8.39. The normalized spacial score (nSPS) is 14.9. The second-order valence-electron chi connectivity index (χ2n) is 8.03. The number of nitriles is 1. The van der Waals surface area contributed by atoms with Gasteiger partial charge in [-0.1, -0.05) is 6.07 Å². The lowest BCUT2D eigenvalue weighted by molar-refractivity contribution is 0.0186. The highest BCUT2D eigenvalue weighted by molar-refractivity contribution is 5.89. The summed E-state index contributed by atoms with van der Waals surface area (Å²) in [6.45, 7) is 6.68. The van der Waals surface area contributed by atoms with E-state index in [1.54, 1.807) is 29.2 Å². The molecule has 0 spiro atoms. The van der Waals surface area contributed by atoms with Gasteiger partial charge in [-0.3, -0.25) is 0 Å². The van der Waals surface area contributed by atoms with Crippen LogP contribution in [0.3, 0.4) is 0 Å². The van der Waals surface area contributed by atoms with Crippen LogP contribution in [0.25, 0.3) is 0 Å². The van der Waals surface area contributed by atoms with Crippen molar-refractivity contribution in [1.29, 1.82) is 5.26 Å². The van der Waals surface area contributed by atoms with Gasteiger partial charge in [-0.25, -0.2) is 9.59 Å². The van der Waals surface area contributed by atoms with Gasteiger partial charge in [0.25, 0.3) is 0 Å². The minimum atomic E-state index is -0.520. The molecular weight excluding hydrogens is 370 g/mol. The van der Waals surface area contributed by atoms with Gasteiger partial charge in [0.2, 0.25) is 0 Å². The summed E-state index contributed by atoms with van der Waals surface area (Å²) in [6, 6.07) is 12.1. The van der Waals surface area contributed by atoms with Crippen LogP contribution in [0.1, 0.15) is 55.7 Å². The molecule has 29 heavy (non-hydrogen) atoms. The van der Waals surface area contributed by atoms with Crippen molar-refractivity contribution in [1.82, 2.24) is 9.47 Å². The van der Waals surface area contributed by atoms with Crippen molar-refractivity contribution in [2.24, 2.45) is 0 Å². The summed E-state index contributed by atoms with van der Waals surface area (Å²) in [4.78, 5) is 26.6. The zero-order valence-electron chi connectivity index (χ0n) is 16.9. The summed E-state index contributed by atoms with van der Waals surface area (Å²) in [7, 11) is 0. The number of carbonyl (C=O) groups is 2. The molecule has 2 heterocycles. The zero-order chi connectivity index (χ0) is 21.0. The molecule has 0 bridgehead atoms. The molecule has 0 atom stereocenters. The van der Waals surface area contributed by atoms with Crippen LogP contribution in [0.4, 0.5) is 4.79 Å². The highest BCUT2D eigenvalue weighted by atomic mass is 16.6. The molecule has 152 valence electrons. The lowest BCUT2D eigenvalue weighted by atomic mass is 10.0. The van der Waals surface area contributed by atoms with Crippen LogP contribution >= 0.6 is 0 Å². The van der Waals surface area contributed by atoms with Gasteiger partial charge >= 0.3 is 12.1 Å². The Hall–Kier alpha value is -3.27. The molecule has 1 aromatic heterocycles. The Morgan fingerprint density at radius 3 is 2.52 bits per heavy atom. The number of carbonyl (C=O) groups excluding carboxylic acids is 2. The molecule has 7 nitrogen and oxygen atoms in total. The first-order chi connectivity index (χ1) is 13.8. The molecule has 1 aliphatic rings. The Morgan fingerprint density at radius 1 is 1.14 bits per heavy atom. The van der Waals surface area contributed by atoms with E-state index < -0.39 is 11.6 Å². The van der Waals surface area contributed by atoms with Crippen molar-refractivity contribution in [3.05, 3.63) is 53.9 Å². The molecule has 7 heteroatoms. The van der Waals surface area contributed by atoms with Crippen LogP contribution in [0.2, 0.25) is 0 Å². The molecule has 0 saturated carbocycles. The average Bonchev–Trinajstić information content (AvgIpc) is 3.17. The van der Waals surface area contributed by atoms with Crippen LogP contribution in [-0.2, 0) is 4.74 Å². The number of esters is 1. The van der Waals surface area contributed by atoms with E-state index in [4.69, 9.17) is 14.7 Å². The Bertz CT molecular complexity index is 928. The quantitative estimate of drug-likeness (QED) is 0.576. The Morgan fingerprint density at radius 2 is 1.86 bits per heavy atom. The molecule has 1 fully saturated rings. The van der Waals surface area contributed by atoms with Crippen LogP contribution < -0.4 is 4.74 Å². The number of hydrogen-bond donors (Lipinski definition) is 0. The Labute approximate surface area is 170 Å². The fraction of sp³-hybridized carbons (Fsp3) is 0.409. The lowest BCUT2D eigenvalue weighted by Gasteiger charge is -2.34. The molecule has 1 amide bonds. The number of aromatic nitrogens is 1. The van der Waals surface area contributed by atoms with Crippen LogP contribution in [-0.4, -0.2) is 40.2 Å². The lowest BCUT2D eigenvalue weighted by Crippen LogP contribution is -2.42. The van der Waals surface area contributed by atoms with Crippen molar-refractivity contribution in [2.75, 3.05) is 13.1 Å². The molecule has 3 rings (SSSR count). The fourth-order valence-electron chi connectivity index (χ4n) is 3.33. The maximum absolute atomic E-state index is 12.7. The number of ether oxygens (including phenoxy) is 2. The van der Waals surface area contributed by atoms with Crippen LogP contribution in [0.5, 0.6) is 5.75 Å². The largest absolute Gasteiger partial charge is 0.444 e. The number of rotatable bonds is 3. The van der Waals surface area contributed by atoms with Gasteiger partial charge in [-0.15, -0.1) is 0 Å². The van der Waals surface area contributed by atoms with E-state index in [1.165, 1.54) is 6.07 Å². The van der Waals surface area contributed by atoms with Gasteiger partial charge in [0.05, 0.1) is 11.6 Å². The van der Waals surface area contributed by atoms with E-state index in [0.717, 1.165) is 12.8 Å². The summed E-state index contributed by atoms with van der Waals surface area (Å²) in [5, 5.41) is 8.99. The maximum Gasteiger partial charge on any atom is 0.410 e. The van der Waals surface area contributed by atoms with E-state index in [-0.39, 0.29) is 12.1 Å². The predicted octanol–water partition coefficient (Wildman–Crippen LogP) is 4.15. The molecular formula is C22H25N3O4. The molecule has 1 aliphatic heterocycles. The first kappa shape index (κ1) is 20.5. The van der Waals surface area contributed by atoms with Gasteiger partial charge in [0, 0.05) is 25.3 Å². The summed E-state index contributed by atoms with van der Waals surface area (Å²) >= 11 is 0. The first-order valence-electron chi connectivity index (χ1n) is 9.64. The van der Waals surface area contributed by atoms with E-state index >= 15 is 0 Å². The molecule has 0 N–H and O–H groups in total. The highest BCUT2D eigenvalue weighted by Crippen LogP contribution is 2.26. The fourth-order valence-corrected chi connectivity index (χ4v) is 3.33. The monoisotopic (exact) mass is 395 g/mol. The third-order valence-corrected chi connectivity index (χ3v) is 4.67. The van der Waals surface area contributed by atoms with Crippen LogP contribution in [0.15, 0.2) is 42.6 Å². The van der Waals surface area contributed by atoms with Gasteiger partial charge < -0.3 is 18.9 Å². The number of amides is 1. The van der Waals surface area contributed by atoms with E-state index in [1.807, 2.05) is 43.7 Å². The van der Waals surface area contributed by atoms with Gasteiger partial charge in [0.15, 0.2) is 0 Å². The van der Waals surface area contributed by atoms with Crippen molar-refractivity contribution >= 4 is 12.1 Å². The smallest absolute Gasteiger partial charge is 0.410 e. The first-order valence-corrected chi connectivity index (χ1v) is 9.64. The standard InChI is InChI=1S/C22H25N3O4/c1-22(2,3)29-21(27)24-12-9-17(10-13-24)25-11-5-8-19(25)20(26)28-18-7-4-6-16(14-18)15-23/h4-8,11,14,17H,9-10,12-13H2,1-3H3. The molecule has 0 aliphatic carbocycles. The van der Waals surface area contributed by atoms with E-state index in [0.29, 0.717) is 30.1 Å². The number of piperidine rings is 1. The van der Waals surface area contributed by atoms with Crippen molar-refractivity contribution in [3.63, 3.8) is 0 Å². The molecule has 1 aromatic carbocycles. The third kappa shape index (κ3) is 5.17. The summed E-state index contributed by atoms with van der Waals surface area (Å²) in [6.07, 6.45) is 2.99. The Balaban J connectivity index is 1.64. The molecule has 0 unspecified atom stereocenters. The Kier molecular flexibility index (Phi) is 5.92. The van der Waals surface area contributed by atoms with Gasteiger partial charge in [0.1, 0.15) is 17.0 Å². The van der Waals surface area contributed by atoms with Crippen molar-refractivity contribution in [2.45, 2.75) is 45.3 Å². The van der Waals surface area contributed by atoms with Gasteiger partial charge in [-0.2, -0.15) is 5.26 Å². The SMILES string of the molecule is CC(C)(C)OC(=O)N1CCC(n2cccc2C(=O)Oc2cccc(C#N)c2)CC1. The zero-order valence-corrected chi connectivity index (χ0v) is 16.9. The van der Waals surface area contributed by atoms with E-state index in [2.05, 4.69) is 0 Å². The maximum atomic E-state index is 12.7. The second-order valence-corrected chi connectivity index (χ2v) is 8.03. The number of likely N-dealkylation sites (tertiary alicyclic amines) is 1. The minimum absolute atomic E-state index is 0.0941. The van der Waals surface area contributed by atoms with Crippen molar-refractivity contribution in [3.8, 4) is 11.8 Å². The van der Waals surface area contributed by atoms with Crippen molar-refractivity contribution < 1.29 is 19.1 Å². The molecule has 2 aromatic rings.